The molecule has 3 amide bonds. The Morgan fingerprint density at radius 3 is 1.75 bits per heavy atom. The zero-order valence-corrected chi connectivity index (χ0v) is 9.68. The van der Waals surface area contributed by atoms with Crippen LogP contribution in [0.3, 0.4) is 0 Å². The van der Waals surface area contributed by atoms with Crippen LogP contribution in [-0.4, -0.2) is 17.5 Å². The molecule has 0 radical (unpaired) electrons. The molecule has 0 aromatic rings. The van der Waals surface area contributed by atoms with Crippen LogP contribution in [0.1, 0.15) is 57.8 Å². The second kappa shape index (κ2) is 4.85. The largest absolute Gasteiger partial charge is 0.323 e. The molecule has 1 aliphatic carbocycles. The zero-order valence-electron chi connectivity index (χ0n) is 9.68. The highest BCUT2D eigenvalue weighted by atomic mass is 16.2. The number of imide groups is 1. The first-order valence-electron chi connectivity index (χ1n) is 6.37. The number of rotatable bonds is 0. The smallest absolute Gasteiger partial charge is 0.322 e. The summed E-state index contributed by atoms with van der Waals surface area (Å²) in [6, 6.07) is -0.318. The Morgan fingerprint density at radius 2 is 1.31 bits per heavy atom. The van der Waals surface area contributed by atoms with Crippen molar-refractivity contribution in [2.24, 2.45) is 0 Å². The molecule has 0 aromatic heterocycles. The Hall–Kier alpha value is -1.06. The molecule has 1 heterocycles. The van der Waals surface area contributed by atoms with Gasteiger partial charge in [0, 0.05) is 0 Å². The van der Waals surface area contributed by atoms with Crippen molar-refractivity contribution >= 4 is 11.9 Å². The maximum atomic E-state index is 11.8. The van der Waals surface area contributed by atoms with Crippen molar-refractivity contribution in [3.05, 3.63) is 0 Å². The summed E-state index contributed by atoms with van der Waals surface area (Å²) in [6.45, 7) is 0. The Kier molecular flexibility index (Phi) is 3.46. The SMILES string of the molecule is O=C1NC(=O)C2(CCCCCCCCC2)N1. The maximum Gasteiger partial charge on any atom is 0.322 e. The van der Waals surface area contributed by atoms with Gasteiger partial charge in [-0.15, -0.1) is 0 Å². The van der Waals surface area contributed by atoms with Gasteiger partial charge in [-0.3, -0.25) is 10.1 Å². The first-order chi connectivity index (χ1) is 7.73. The van der Waals surface area contributed by atoms with Gasteiger partial charge >= 0.3 is 6.03 Å². The van der Waals surface area contributed by atoms with E-state index in [9.17, 15) is 9.59 Å². The highest BCUT2D eigenvalue weighted by molar-refractivity contribution is 6.06. The summed E-state index contributed by atoms with van der Waals surface area (Å²) in [7, 11) is 0. The molecule has 1 aliphatic heterocycles. The molecule has 2 N–H and O–H groups in total. The van der Waals surface area contributed by atoms with Crippen molar-refractivity contribution in [2.75, 3.05) is 0 Å². The van der Waals surface area contributed by atoms with E-state index in [2.05, 4.69) is 10.6 Å². The molecule has 16 heavy (non-hydrogen) atoms. The van der Waals surface area contributed by atoms with E-state index in [0.29, 0.717) is 0 Å². The molecular formula is C12H20N2O2. The molecule has 4 nitrogen and oxygen atoms in total. The number of carbonyl (C=O) groups excluding carboxylic acids is 2. The molecule has 2 aliphatic rings. The number of hydrogen-bond donors (Lipinski definition) is 2. The van der Waals surface area contributed by atoms with Crippen LogP contribution in [0.2, 0.25) is 0 Å². The second-order valence-corrected chi connectivity index (χ2v) is 4.97. The molecule has 1 saturated carbocycles. The lowest BCUT2D eigenvalue weighted by molar-refractivity contribution is -0.124. The third kappa shape index (κ3) is 2.36. The Labute approximate surface area is 96.2 Å². The third-order valence-corrected chi connectivity index (χ3v) is 3.72. The van der Waals surface area contributed by atoms with E-state index in [4.69, 9.17) is 0 Å². The monoisotopic (exact) mass is 224 g/mol. The number of urea groups is 1. The van der Waals surface area contributed by atoms with Crippen LogP contribution in [0.25, 0.3) is 0 Å². The molecule has 0 unspecified atom stereocenters. The van der Waals surface area contributed by atoms with Crippen molar-refractivity contribution in [1.82, 2.24) is 10.6 Å². The fourth-order valence-corrected chi connectivity index (χ4v) is 2.74. The fraction of sp³-hybridized carbons (Fsp3) is 0.833. The first-order valence-corrected chi connectivity index (χ1v) is 6.37. The summed E-state index contributed by atoms with van der Waals surface area (Å²) in [5.74, 6) is -0.113. The van der Waals surface area contributed by atoms with Crippen molar-refractivity contribution < 1.29 is 9.59 Å². The van der Waals surface area contributed by atoms with Gasteiger partial charge in [-0.1, -0.05) is 44.9 Å². The average Bonchev–Trinajstić information content (AvgIpc) is 2.53. The van der Waals surface area contributed by atoms with Crippen molar-refractivity contribution in [3.8, 4) is 0 Å². The molecule has 2 rings (SSSR count). The molecule has 4 heteroatoms. The van der Waals surface area contributed by atoms with E-state index >= 15 is 0 Å². The summed E-state index contributed by atoms with van der Waals surface area (Å²) in [5.41, 5.74) is -0.589. The minimum absolute atomic E-state index is 0.113. The number of amides is 3. The fourth-order valence-electron chi connectivity index (χ4n) is 2.74. The number of nitrogens with one attached hydrogen (secondary N) is 2. The maximum absolute atomic E-state index is 11.8. The number of hydrogen-bond acceptors (Lipinski definition) is 2. The summed E-state index contributed by atoms with van der Waals surface area (Å²) >= 11 is 0. The summed E-state index contributed by atoms with van der Waals surface area (Å²) in [6.07, 6.45) is 9.83. The molecule has 2 fully saturated rings. The van der Waals surface area contributed by atoms with Gasteiger partial charge in [0.05, 0.1) is 0 Å². The quantitative estimate of drug-likeness (QED) is 0.619. The first kappa shape index (κ1) is 11.4. The summed E-state index contributed by atoms with van der Waals surface area (Å²) < 4.78 is 0. The van der Waals surface area contributed by atoms with E-state index in [1.807, 2.05) is 0 Å². The Bertz CT molecular complexity index is 279. The summed E-state index contributed by atoms with van der Waals surface area (Å²) in [5, 5.41) is 5.21. The number of carbonyl (C=O) groups is 2. The van der Waals surface area contributed by atoms with Gasteiger partial charge in [-0.25, -0.2) is 4.79 Å². The van der Waals surface area contributed by atoms with E-state index < -0.39 is 5.54 Å². The van der Waals surface area contributed by atoms with Crippen LogP contribution >= 0.6 is 0 Å². The van der Waals surface area contributed by atoms with Gasteiger partial charge in [0.2, 0.25) is 0 Å². The van der Waals surface area contributed by atoms with Crippen LogP contribution in [0.5, 0.6) is 0 Å². The normalized spacial score (nSPS) is 26.2. The topological polar surface area (TPSA) is 58.2 Å². The van der Waals surface area contributed by atoms with Gasteiger partial charge in [-0.2, -0.15) is 0 Å². The highest BCUT2D eigenvalue weighted by Crippen LogP contribution is 2.27. The molecule has 0 atom stereocenters. The predicted octanol–water partition coefficient (Wildman–Crippen LogP) is 2.09. The molecule has 1 saturated heterocycles. The average molecular weight is 224 g/mol. The second-order valence-electron chi connectivity index (χ2n) is 4.97. The van der Waals surface area contributed by atoms with Crippen molar-refractivity contribution in [2.45, 2.75) is 63.3 Å². The van der Waals surface area contributed by atoms with Crippen LogP contribution in [0.4, 0.5) is 4.79 Å². The van der Waals surface area contributed by atoms with E-state index in [-0.39, 0.29) is 11.9 Å². The van der Waals surface area contributed by atoms with Crippen LogP contribution in [-0.2, 0) is 4.79 Å². The molecule has 1 spiro atoms. The van der Waals surface area contributed by atoms with Gasteiger partial charge in [-0.05, 0) is 12.8 Å². The lowest BCUT2D eigenvalue weighted by Gasteiger charge is -2.26. The molecule has 90 valence electrons. The minimum atomic E-state index is -0.589. The van der Waals surface area contributed by atoms with Crippen molar-refractivity contribution in [1.29, 1.82) is 0 Å². The predicted molar refractivity (Wildman–Crippen MR) is 61.0 cm³/mol. The van der Waals surface area contributed by atoms with Crippen LogP contribution in [0.15, 0.2) is 0 Å². The van der Waals surface area contributed by atoms with Crippen molar-refractivity contribution in [3.63, 3.8) is 0 Å². The molecule has 0 aromatic carbocycles. The zero-order chi connectivity index (χ0) is 11.4. The lowest BCUT2D eigenvalue weighted by atomic mass is 9.85. The van der Waals surface area contributed by atoms with Gasteiger partial charge < -0.3 is 5.32 Å². The van der Waals surface area contributed by atoms with E-state index in [0.717, 1.165) is 25.7 Å². The summed E-state index contributed by atoms with van der Waals surface area (Å²) in [4.78, 5) is 23.1. The van der Waals surface area contributed by atoms with Gasteiger partial charge in [0.1, 0.15) is 5.54 Å². The van der Waals surface area contributed by atoms with Crippen LogP contribution < -0.4 is 10.6 Å². The third-order valence-electron chi connectivity index (χ3n) is 3.72. The Morgan fingerprint density at radius 1 is 0.812 bits per heavy atom. The van der Waals surface area contributed by atoms with Gasteiger partial charge in [0.15, 0.2) is 0 Å². The van der Waals surface area contributed by atoms with E-state index in [1.165, 1.54) is 32.1 Å². The molecule has 0 bridgehead atoms. The molecular weight excluding hydrogens is 204 g/mol. The van der Waals surface area contributed by atoms with Gasteiger partial charge in [0.25, 0.3) is 5.91 Å². The minimum Gasteiger partial charge on any atom is -0.323 e. The standard InChI is InChI=1S/C12H20N2O2/c15-10-12(14-11(16)13-10)8-6-4-2-1-3-5-7-9-12/h1-9H2,(H2,13,14,15,16). The Balaban J connectivity index is 2.03. The van der Waals surface area contributed by atoms with E-state index in [1.54, 1.807) is 0 Å². The lowest BCUT2D eigenvalue weighted by Crippen LogP contribution is -2.46. The highest BCUT2D eigenvalue weighted by Gasteiger charge is 2.44. The van der Waals surface area contributed by atoms with Crippen LogP contribution in [0, 0.1) is 0 Å².